The van der Waals surface area contributed by atoms with Crippen molar-refractivity contribution in [2.24, 2.45) is 0 Å². The SMILES string of the molecule is O=C1C[C@@H]([NH+]2CC[NH+](CCO)CC2)C(=O)N1c1ccc(Cl)c(Cl)c1. The highest BCUT2D eigenvalue weighted by molar-refractivity contribution is 6.42. The van der Waals surface area contributed by atoms with Crippen LogP contribution in [0.15, 0.2) is 18.2 Å². The number of piperazine rings is 1. The zero-order chi connectivity index (χ0) is 17.3. The van der Waals surface area contributed by atoms with Crippen molar-refractivity contribution in [1.29, 1.82) is 0 Å². The number of anilines is 1. The summed E-state index contributed by atoms with van der Waals surface area (Å²) in [4.78, 5) is 28.9. The second-order valence-corrected chi connectivity index (χ2v) is 7.12. The van der Waals surface area contributed by atoms with Gasteiger partial charge in [0.05, 0.1) is 28.8 Å². The van der Waals surface area contributed by atoms with Gasteiger partial charge in [-0.1, -0.05) is 23.2 Å². The molecule has 2 heterocycles. The molecule has 2 aliphatic rings. The predicted molar refractivity (Wildman–Crippen MR) is 90.7 cm³/mol. The summed E-state index contributed by atoms with van der Waals surface area (Å²) >= 11 is 11.9. The fourth-order valence-electron chi connectivity index (χ4n) is 3.53. The number of hydrogen-bond donors (Lipinski definition) is 3. The van der Waals surface area contributed by atoms with Gasteiger partial charge in [0, 0.05) is 0 Å². The molecular formula is C16H21Cl2N3O3+2. The molecule has 24 heavy (non-hydrogen) atoms. The van der Waals surface area contributed by atoms with E-state index in [1.807, 2.05) is 0 Å². The monoisotopic (exact) mass is 373 g/mol. The Morgan fingerprint density at radius 2 is 1.83 bits per heavy atom. The first-order chi connectivity index (χ1) is 11.5. The molecule has 130 valence electrons. The molecule has 0 saturated carbocycles. The summed E-state index contributed by atoms with van der Waals surface area (Å²) in [7, 11) is 0. The van der Waals surface area contributed by atoms with Crippen molar-refractivity contribution in [3.8, 4) is 0 Å². The number of rotatable bonds is 4. The molecule has 0 radical (unpaired) electrons. The number of hydrogen-bond acceptors (Lipinski definition) is 3. The summed E-state index contributed by atoms with van der Waals surface area (Å²) in [5.74, 6) is -0.361. The molecule has 3 N–H and O–H groups in total. The first-order valence-electron chi connectivity index (χ1n) is 8.12. The van der Waals surface area contributed by atoms with Gasteiger partial charge >= 0.3 is 0 Å². The van der Waals surface area contributed by atoms with Crippen LogP contribution < -0.4 is 14.7 Å². The first-order valence-corrected chi connectivity index (χ1v) is 8.87. The number of quaternary nitrogens is 2. The van der Waals surface area contributed by atoms with Crippen LogP contribution in [-0.2, 0) is 9.59 Å². The van der Waals surface area contributed by atoms with Crippen LogP contribution in [0.1, 0.15) is 6.42 Å². The summed E-state index contributed by atoms with van der Waals surface area (Å²) in [6.45, 7) is 4.38. The highest BCUT2D eigenvalue weighted by Crippen LogP contribution is 2.29. The average molecular weight is 374 g/mol. The Kier molecular flexibility index (Phi) is 5.42. The van der Waals surface area contributed by atoms with Crippen LogP contribution >= 0.6 is 23.2 Å². The molecule has 1 aromatic rings. The zero-order valence-electron chi connectivity index (χ0n) is 13.2. The molecule has 0 unspecified atom stereocenters. The third-order valence-corrected chi connectivity index (χ3v) is 5.60. The summed E-state index contributed by atoms with van der Waals surface area (Å²) in [6, 6.07) is 4.46. The van der Waals surface area contributed by atoms with Crippen LogP contribution in [0, 0.1) is 0 Å². The molecule has 6 nitrogen and oxygen atoms in total. The second-order valence-electron chi connectivity index (χ2n) is 6.30. The molecule has 2 saturated heterocycles. The zero-order valence-corrected chi connectivity index (χ0v) is 14.7. The largest absolute Gasteiger partial charge is 0.391 e. The van der Waals surface area contributed by atoms with Gasteiger partial charge in [0.1, 0.15) is 32.7 Å². The van der Waals surface area contributed by atoms with Gasteiger partial charge in [0.2, 0.25) is 5.91 Å². The van der Waals surface area contributed by atoms with Crippen LogP contribution in [0.2, 0.25) is 10.0 Å². The van der Waals surface area contributed by atoms with E-state index in [9.17, 15) is 9.59 Å². The Morgan fingerprint density at radius 3 is 2.46 bits per heavy atom. The number of aliphatic hydroxyl groups excluding tert-OH is 1. The third kappa shape index (κ3) is 3.43. The van der Waals surface area contributed by atoms with E-state index in [0.717, 1.165) is 37.6 Å². The standard InChI is InChI=1S/C16H19Cl2N3O3/c17-12-2-1-11(9-13(12)18)21-15(23)10-14(16(21)24)20-5-3-19(4-6-20)7-8-22/h1-2,9,14,22H,3-8,10H2/p+2/t14-/m1/s1. The smallest absolute Gasteiger partial charge is 0.292 e. The van der Waals surface area contributed by atoms with Crippen molar-refractivity contribution < 1.29 is 24.5 Å². The van der Waals surface area contributed by atoms with Crippen LogP contribution in [-0.4, -0.2) is 62.3 Å². The van der Waals surface area contributed by atoms with Gasteiger partial charge in [0.15, 0.2) is 6.04 Å². The minimum atomic E-state index is -0.331. The van der Waals surface area contributed by atoms with E-state index in [0.29, 0.717) is 15.7 Å². The highest BCUT2D eigenvalue weighted by atomic mass is 35.5. The maximum Gasteiger partial charge on any atom is 0.292 e. The number of halogens is 2. The van der Waals surface area contributed by atoms with Crippen molar-refractivity contribution in [2.75, 3.05) is 44.2 Å². The fraction of sp³-hybridized carbons (Fsp3) is 0.500. The Bertz CT molecular complexity index is 647. The summed E-state index contributed by atoms with van der Waals surface area (Å²) < 4.78 is 0. The van der Waals surface area contributed by atoms with Crippen molar-refractivity contribution in [2.45, 2.75) is 12.5 Å². The third-order valence-electron chi connectivity index (χ3n) is 4.87. The first kappa shape index (κ1) is 17.6. The molecule has 8 heteroatoms. The lowest BCUT2D eigenvalue weighted by molar-refractivity contribution is -1.02. The normalized spacial score (nSPS) is 27.8. The lowest BCUT2D eigenvalue weighted by atomic mass is 10.1. The van der Waals surface area contributed by atoms with Crippen LogP contribution in [0.25, 0.3) is 0 Å². The van der Waals surface area contributed by atoms with Crippen LogP contribution in [0.3, 0.4) is 0 Å². The van der Waals surface area contributed by atoms with Crippen LogP contribution in [0.4, 0.5) is 5.69 Å². The van der Waals surface area contributed by atoms with Gasteiger partial charge < -0.3 is 14.9 Å². The van der Waals surface area contributed by atoms with E-state index < -0.39 is 0 Å². The second kappa shape index (κ2) is 7.37. The average Bonchev–Trinajstić information content (AvgIpc) is 2.86. The van der Waals surface area contributed by atoms with E-state index in [1.54, 1.807) is 18.2 Å². The van der Waals surface area contributed by atoms with Crippen molar-refractivity contribution >= 4 is 40.7 Å². The van der Waals surface area contributed by atoms with Crippen molar-refractivity contribution in [3.05, 3.63) is 28.2 Å². The number of carbonyl (C=O) groups excluding carboxylic acids is 2. The van der Waals surface area contributed by atoms with E-state index >= 15 is 0 Å². The summed E-state index contributed by atoms with van der Waals surface area (Å²) in [5, 5.41) is 9.74. The number of benzene rings is 1. The molecule has 2 fully saturated rings. The maximum absolute atomic E-state index is 12.8. The molecular weight excluding hydrogens is 353 g/mol. The van der Waals surface area contributed by atoms with Gasteiger partial charge in [-0.05, 0) is 18.2 Å². The molecule has 0 aliphatic carbocycles. The van der Waals surface area contributed by atoms with Gasteiger partial charge in [-0.3, -0.25) is 9.59 Å². The fourth-order valence-corrected chi connectivity index (χ4v) is 3.82. The van der Waals surface area contributed by atoms with E-state index in [-0.39, 0.29) is 30.9 Å². The minimum absolute atomic E-state index is 0.168. The number of nitrogens with one attached hydrogen (secondary N) is 2. The Hall–Kier alpha value is -1.18. The van der Waals surface area contributed by atoms with Gasteiger partial charge in [-0.25, -0.2) is 4.90 Å². The minimum Gasteiger partial charge on any atom is -0.391 e. The quantitative estimate of drug-likeness (QED) is 0.557. The summed E-state index contributed by atoms with van der Waals surface area (Å²) in [5.41, 5.74) is 0.478. The lowest BCUT2D eigenvalue weighted by Crippen LogP contribution is -3.30. The van der Waals surface area contributed by atoms with Gasteiger partial charge in [0.25, 0.3) is 5.91 Å². The molecule has 1 atom stereocenters. The predicted octanol–water partition coefficient (Wildman–Crippen LogP) is -1.60. The molecule has 1 aromatic carbocycles. The number of amides is 2. The maximum atomic E-state index is 12.8. The molecule has 0 aromatic heterocycles. The number of nitrogens with zero attached hydrogens (tertiary/aromatic N) is 1. The molecule has 0 bridgehead atoms. The van der Waals surface area contributed by atoms with Gasteiger partial charge in [-0.2, -0.15) is 0 Å². The van der Waals surface area contributed by atoms with Crippen LogP contribution in [0.5, 0.6) is 0 Å². The summed E-state index contributed by atoms with van der Waals surface area (Å²) in [6.07, 6.45) is 0.226. The Labute approximate surface area is 150 Å². The van der Waals surface area contributed by atoms with Crippen molar-refractivity contribution in [3.63, 3.8) is 0 Å². The van der Waals surface area contributed by atoms with E-state index in [4.69, 9.17) is 28.3 Å². The number of imide groups is 1. The molecule has 2 aliphatic heterocycles. The molecule has 0 spiro atoms. The van der Waals surface area contributed by atoms with E-state index in [1.165, 1.54) is 9.80 Å². The van der Waals surface area contributed by atoms with Gasteiger partial charge in [-0.15, -0.1) is 0 Å². The number of aliphatic hydroxyl groups is 1. The Balaban J connectivity index is 1.71. The molecule has 3 rings (SSSR count). The lowest BCUT2D eigenvalue weighted by Gasteiger charge is -2.31. The number of carbonyl (C=O) groups is 2. The van der Waals surface area contributed by atoms with Crippen molar-refractivity contribution in [1.82, 2.24) is 0 Å². The highest BCUT2D eigenvalue weighted by Gasteiger charge is 2.46. The van der Waals surface area contributed by atoms with E-state index in [2.05, 4.69) is 0 Å². The topological polar surface area (TPSA) is 66.5 Å². The molecule has 2 amide bonds. The Morgan fingerprint density at radius 1 is 1.12 bits per heavy atom.